The molecule has 1 atom stereocenters. The van der Waals surface area contributed by atoms with E-state index in [1.54, 1.807) is 0 Å². The number of amides is 1. The molecule has 1 unspecified atom stereocenters. The summed E-state index contributed by atoms with van der Waals surface area (Å²) in [5, 5.41) is 8.34. The molecule has 1 N–H and O–H groups in total. The van der Waals surface area contributed by atoms with Gasteiger partial charge >= 0.3 is 0 Å². The Labute approximate surface area is 160 Å². The number of hydrogen-bond donors (Lipinski definition) is 1. The van der Waals surface area contributed by atoms with Crippen molar-refractivity contribution < 1.29 is 9.32 Å². The minimum atomic E-state index is 0.0603. The van der Waals surface area contributed by atoms with Gasteiger partial charge in [0, 0.05) is 24.7 Å². The fourth-order valence-corrected chi connectivity index (χ4v) is 4.05. The van der Waals surface area contributed by atoms with Crippen LogP contribution in [0, 0.1) is 11.3 Å². The van der Waals surface area contributed by atoms with Gasteiger partial charge in [0.2, 0.25) is 0 Å². The first-order chi connectivity index (χ1) is 12.9. The first-order valence-corrected chi connectivity index (χ1v) is 10.1. The maximum Gasteiger partial charge on any atom is 0.259 e. The zero-order valence-corrected chi connectivity index (χ0v) is 16.8. The average molecular weight is 370 g/mol. The van der Waals surface area contributed by atoms with Gasteiger partial charge in [0.1, 0.15) is 0 Å². The molecule has 2 aromatic heterocycles. The Bertz CT molecular complexity index is 848. The smallest absolute Gasteiger partial charge is 0.259 e. The summed E-state index contributed by atoms with van der Waals surface area (Å²) in [6.07, 6.45) is 4.09. The standard InChI is InChI=1S/C21H30N4O2/c1-21(2,3)10-17-18-15(20(26)25-8-7-13(12-25)11-22-4)9-16(14-5-6-14)23-19(18)27-24-17/h9,13-14,22H,5-8,10-12H2,1-4H3. The maximum absolute atomic E-state index is 13.4. The highest BCUT2D eigenvalue weighted by atomic mass is 16.5. The highest BCUT2D eigenvalue weighted by Crippen LogP contribution is 2.41. The number of nitrogens with zero attached hydrogens (tertiary/aromatic N) is 3. The SMILES string of the molecule is CNCC1CCN(C(=O)c2cc(C3CC3)nc3onc(CC(C)(C)C)c23)C1. The van der Waals surface area contributed by atoms with Crippen molar-refractivity contribution >= 4 is 17.0 Å². The van der Waals surface area contributed by atoms with Crippen molar-refractivity contribution in [2.75, 3.05) is 26.7 Å². The van der Waals surface area contributed by atoms with E-state index in [-0.39, 0.29) is 11.3 Å². The molecule has 0 radical (unpaired) electrons. The van der Waals surface area contributed by atoms with Crippen LogP contribution in [0.2, 0.25) is 0 Å². The molecule has 2 aromatic rings. The summed E-state index contributed by atoms with van der Waals surface area (Å²) in [6.45, 7) is 9.08. The predicted octanol–water partition coefficient (Wildman–Crippen LogP) is 3.37. The van der Waals surface area contributed by atoms with Gasteiger partial charge in [-0.05, 0) is 56.7 Å². The first kappa shape index (κ1) is 18.4. The van der Waals surface area contributed by atoms with Crippen LogP contribution in [0.25, 0.3) is 11.1 Å². The van der Waals surface area contributed by atoms with E-state index < -0.39 is 0 Å². The number of carbonyl (C=O) groups is 1. The van der Waals surface area contributed by atoms with E-state index in [9.17, 15) is 4.79 Å². The van der Waals surface area contributed by atoms with Gasteiger partial charge in [-0.1, -0.05) is 25.9 Å². The predicted molar refractivity (Wildman–Crippen MR) is 105 cm³/mol. The van der Waals surface area contributed by atoms with Gasteiger partial charge in [-0.3, -0.25) is 4.79 Å². The van der Waals surface area contributed by atoms with Gasteiger partial charge in [0.15, 0.2) is 0 Å². The number of nitrogens with one attached hydrogen (secondary N) is 1. The van der Waals surface area contributed by atoms with E-state index in [1.165, 1.54) is 0 Å². The molecule has 2 fully saturated rings. The van der Waals surface area contributed by atoms with Crippen LogP contribution in [-0.4, -0.2) is 47.6 Å². The zero-order chi connectivity index (χ0) is 19.2. The Kier molecular flexibility index (Phi) is 4.70. The van der Waals surface area contributed by atoms with Crippen molar-refractivity contribution in [1.29, 1.82) is 0 Å². The van der Waals surface area contributed by atoms with Crippen LogP contribution in [0.5, 0.6) is 0 Å². The Balaban J connectivity index is 1.72. The van der Waals surface area contributed by atoms with Crippen molar-refractivity contribution in [3.63, 3.8) is 0 Å². The molecular formula is C21H30N4O2. The molecule has 3 heterocycles. The number of pyridine rings is 1. The Morgan fingerprint density at radius 2 is 2.11 bits per heavy atom. The minimum absolute atomic E-state index is 0.0603. The average Bonchev–Trinajstić information content (AvgIpc) is 3.24. The molecule has 0 spiro atoms. The summed E-state index contributed by atoms with van der Waals surface area (Å²) >= 11 is 0. The summed E-state index contributed by atoms with van der Waals surface area (Å²) in [5.74, 6) is 1.09. The number of hydrogen-bond acceptors (Lipinski definition) is 5. The highest BCUT2D eigenvalue weighted by molar-refractivity contribution is 6.06. The second-order valence-electron chi connectivity index (χ2n) is 9.38. The van der Waals surface area contributed by atoms with Gasteiger partial charge in [0.25, 0.3) is 11.6 Å². The van der Waals surface area contributed by atoms with Crippen LogP contribution in [0.3, 0.4) is 0 Å². The van der Waals surface area contributed by atoms with E-state index in [1.807, 2.05) is 18.0 Å². The third-order valence-electron chi connectivity index (χ3n) is 5.53. The second-order valence-corrected chi connectivity index (χ2v) is 9.38. The molecule has 4 rings (SSSR count). The molecule has 6 heteroatoms. The summed E-state index contributed by atoms with van der Waals surface area (Å²) in [6, 6.07) is 2.01. The zero-order valence-electron chi connectivity index (χ0n) is 16.8. The topological polar surface area (TPSA) is 71.3 Å². The van der Waals surface area contributed by atoms with Crippen LogP contribution >= 0.6 is 0 Å². The molecule has 2 aliphatic rings. The molecule has 146 valence electrons. The lowest BCUT2D eigenvalue weighted by Crippen LogP contribution is -2.30. The fraction of sp³-hybridized carbons (Fsp3) is 0.667. The lowest BCUT2D eigenvalue weighted by atomic mass is 9.89. The van der Waals surface area contributed by atoms with Crippen molar-refractivity contribution in [3.05, 3.63) is 23.0 Å². The molecule has 6 nitrogen and oxygen atoms in total. The Morgan fingerprint density at radius 3 is 2.78 bits per heavy atom. The third-order valence-corrected chi connectivity index (χ3v) is 5.53. The summed E-state index contributed by atoms with van der Waals surface area (Å²) in [5.41, 5.74) is 3.14. The molecule has 1 amide bonds. The summed E-state index contributed by atoms with van der Waals surface area (Å²) in [7, 11) is 1.97. The molecule has 1 aliphatic carbocycles. The van der Waals surface area contributed by atoms with Crippen LogP contribution in [-0.2, 0) is 6.42 Å². The maximum atomic E-state index is 13.4. The third kappa shape index (κ3) is 3.86. The summed E-state index contributed by atoms with van der Waals surface area (Å²) < 4.78 is 5.58. The molecular weight excluding hydrogens is 340 g/mol. The van der Waals surface area contributed by atoms with E-state index in [4.69, 9.17) is 9.51 Å². The van der Waals surface area contributed by atoms with Crippen molar-refractivity contribution in [3.8, 4) is 0 Å². The Hall–Kier alpha value is -1.95. The minimum Gasteiger partial charge on any atom is -0.338 e. The quantitative estimate of drug-likeness (QED) is 0.874. The van der Waals surface area contributed by atoms with Crippen LogP contribution in [0.1, 0.15) is 67.7 Å². The number of carbonyl (C=O) groups excluding carboxylic acids is 1. The largest absolute Gasteiger partial charge is 0.338 e. The van der Waals surface area contributed by atoms with Gasteiger partial charge in [-0.25, -0.2) is 4.98 Å². The van der Waals surface area contributed by atoms with E-state index in [0.717, 1.165) is 67.7 Å². The monoisotopic (exact) mass is 370 g/mol. The number of rotatable bonds is 5. The van der Waals surface area contributed by atoms with Gasteiger partial charge in [-0.15, -0.1) is 0 Å². The van der Waals surface area contributed by atoms with E-state index in [2.05, 4.69) is 31.2 Å². The van der Waals surface area contributed by atoms with E-state index in [0.29, 0.717) is 17.5 Å². The normalized spacial score (nSPS) is 20.6. The van der Waals surface area contributed by atoms with Gasteiger partial charge < -0.3 is 14.7 Å². The van der Waals surface area contributed by atoms with Gasteiger partial charge in [0.05, 0.1) is 16.6 Å². The molecule has 1 aliphatic heterocycles. The number of likely N-dealkylation sites (tertiary alicyclic amines) is 1. The molecule has 27 heavy (non-hydrogen) atoms. The summed E-state index contributed by atoms with van der Waals surface area (Å²) in [4.78, 5) is 20.1. The highest BCUT2D eigenvalue weighted by Gasteiger charge is 2.33. The second kappa shape index (κ2) is 6.89. The number of aromatic nitrogens is 2. The van der Waals surface area contributed by atoms with Crippen molar-refractivity contribution in [2.24, 2.45) is 11.3 Å². The lowest BCUT2D eigenvalue weighted by Gasteiger charge is -2.19. The van der Waals surface area contributed by atoms with Crippen molar-refractivity contribution in [2.45, 2.75) is 52.4 Å². The van der Waals surface area contributed by atoms with Crippen LogP contribution < -0.4 is 5.32 Å². The Morgan fingerprint density at radius 1 is 1.33 bits per heavy atom. The van der Waals surface area contributed by atoms with Crippen molar-refractivity contribution in [1.82, 2.24) is 20.4 Å². The first-order valence-electron chi connectivity index (χ1n) is 10.1. The fourth-order valence-electron chi connectivity index (χ4n) is 4.05. The lowest BCUT2D eigenvalue weighted by molar-refractivity contribution is 0.0789. The number of fused-ring (bicyclic) bond motifs is 1. The van der Waals surface area contributed by atoms with Gasteiger partial charge in [-0.2, -0.15) is 0 Å². The molecule has 1 saturated heterocycles. The molecule has 0 bridgehead atoms. The van der Waals surface area contributed by atoms with Crippen LogP contribution in [0.4, 0.5) is 0 Å². The van der Waals surface area contributed by atoms with E-state index >= 15 is 0 Å². The molecule has 0 aromatic carbocycles. The van der Waals surface area contributed by atoms with Crippen LogP contribution in [0.15, 0.2) is 10.6 Å². The molecule has 1 saturated carbocycles.